The number of rotatable bonds is 5. The maximum Gasteiger partial charge on any atom is 0.131 e. The predicted octanol–water partition coefficient (Wildman–Crippen LogP) is 4.39. The lowest BCUT2D eigenvalue weighted by molar-refractivity contribution is 0.551. The average Bonchev–Trinajstić information content (AvgIpc) is 2.44. The molecular formula is C16H17F2NS. The van der Waals surface area contributed by atoms with Gasteiger partial charge >= 0.3 is 0 Å². The van der Waals surface area contributed by atoms with Crippen molar-refractivity contribution in [2.75, 3.05) is 12.8 Å². The molecule has 2 aromatic rings. The molecule has 0 aromatic heterocycles. The molecule has 0 spiro atoms. The Balaban J connectivity index is 2.31. The van der Waals surface area contributed by atoms with Gasteiger partial charge in [-0.05, 0) is 36.6 Å². The zero-order valence-corrected chi connectivity index (χ0v) is 12.3. The lowest BCUT2D eigenvalue weighted by atomic mass is 9.98. The zero-order valence-electron chi connectivity index (χ0n) is 11.5. The highest BCUT2D eigenvalue weighted by Crippen LogP contribution is 2.27. The maximum atomic E-state index is 13.9. The monoisotopic (exact) mass is 293 g/mol. The van der Waals surface area contributed by atoms with E-state index in [1.54, 1.807) is 18.8 Å². The molecule has 4 heteroatoms. The van der Waals surface area contributed by atoms with E-state index in [2.05, 4.69) is 12.2 Å². The molecule has 0 aliphatic rings. The summed E-state index contributed by atoms with van der Waals surface area (Å²) >= 11 is 1.76. The van der Waals surface area contributed by atoms with E-state index in [1.165, 1.54) is 17.0 Å². The van der Waals surface area contributed by atoms with Gasteiger partial charge in [0.05, 0.1) is 6.04 Å². The van der Waals surface area contributed by atoms with Gasteiger partial charge < -0.3 is 5.32 Å². The Hall–Kier alpha value is -1.39. The molecule has 0 fully saturated rings. The summed E-state index contributed by atoms with van der Waals surface area (Å²) in [7, 11) is 1.77. The minimum Gasteiger partial charge on any atom is -0.309 e. The SMILES string of the molecule is CCSc1ccc(C(NC)c2ccc(F)cc2F)cc1. The molecule has 0 saturated heterocycles. The minimum absolute atomic E-state index is 0.281. The summed E-state index contributed by atoms with van der Waals surface area (Å²) in [5.74, 6) is -0.0753. The van der Waals surface area contributed by atoms with E-state index in [4.69, 9.17) is 0 Å². The Bertz CT molecular complexity index is 569. The molecule has 1 atom stereocenters. The van der Waals surface area contributed by atoms with Crippen molar-refractivity contribution in [2.24, 2.45) is 0 Å². The predicted molar refractivity (Wildman–Crippen MR) is 80.1 cm³/mol. The van der Waals surface area contributed by atoms with Crippen LogP contribution < -0.4 is 5.32 Å². The molecule has 20 heavy (non-hydrogen) atoms. The quantitative estimate of drug-likeness (QED) is 0.821. The van der Waals surface area contributed by atoms with E-state index in [0.717, 1.165) is 17.4 Å². The van der Waals surface area contributed by atoms with E-state index in [-0.39, 0.29) is 6.04 Å². The molecule has 0 bridgehead atoms. The van der Waals surface area contributed by atoms with Crippen molar-refractivity contribution in [1.29, 1.82) is 0 Å². The fourth-order valence-corrected chi connectivity index (χ4v) is 2.82. The van der Waals surface area contributed by atoms with Crippen LogP contribution in [0.1, 0.15) is 24.1 Å². The van der Waals surface area contributed by atoms with Crippen LogP contribution in [-0.2, 0) is 0 Å². The highest BCUT2D eigenvalue weighted by atomic mass is 32.2. The van der Waals surface area contributed by atoms with Crippen LogP contribution in [0, 0.1) is 11.6 Å². The van der Waals surface area contributed by atoms with Gasteiger partial charge in [0.15, 0.2) is 0 Å². The van der Waals surface area contributed by atoms with Crippen molar-refractivity contribution in [2.45, 2.75) is 17.9 Å². The van der Waals surface area contributed by atoms with E-state index in [1.807, 2.05) is 24.3 Å². The summed E-state index contributed by atoms with van der Waals surface area (Å²) < 4.78 is 26.9. The number of thioether (sulfide) groups is 1. The molecule has 0 amide bonds. The molecule has 0 aliphatic heterocycles. The first-order chi connectivity index (χ1) is 9.65. The molecule has 1 N–H and O–H groups in total. The fourth-order valence-electron chi connectivity index (χ4n) is 2.16. The molecule has 106 valence electrons. The summed E-state index contributed by atoms with van der Waals surface area (Å²) in [6.45, 7) is 2.10. The van der Waals surface area contributed by atoms with Crippen LogP contribution in [-0.4, -0.2) is 12.8 Å². The van der Waals surface area contributed by atoms with Crippen molar-refractivity contribution >= 4 is 11.8 Å². The van der Waals surface area contributed by atoms with Crippen molar-refractivity contribution in [3.8, 4) is 0 Å². The summed E-state index contributed by atoms with van der Waals surface area (Å²) in [4.78, 5) is 1.19. The van der Waals surface area contributed by atoms with Crippen molar-refractivity contribution < 1.29 is 8.78 Å². The van der Waals surface area contributed by atoms with Crippen LogP contribution in [0.15, 0.2) is 47.4 Å². The number of hydrogen-bond donors (Lipinski definition) is 1. The van der Waals surface area contributed by atoms with E-state index in [0.29, 0.717) is 5.56 Å². The normalized spacial score (nSPS) is 12.4. The standard InChI is InChI=1S/C16H17F2NS/c1-3-20-13-7-4-11(5-8-13)16(19-2)14-9-6-12(17)10-15(14)18/h4-10,16,19H,3H2,1-2H3. The smallest absolute Gasteiger partial charge is 0.131 e. The van der Waals surface area contributed by atoms with Crippen LogP contribution in [0.5, 0.6) is 0 Å². The van der Waals surface area contributed by atoms with Crippen LogP contribution in [0.4, 0.5) is 8.78 Å². The first-order valence-electron chi connectivity index (χ1n) is 6.50. The van der Waals surface area contributed by atoms with Gasteiger partial charge in [0.25, 0.3) is 0 Å². The van der Waals surface area contributed by atoms with Crippen molar-refractivity contribution in [3.63, 3.8) is 0 Å². The Morgan fingerprint density at radius 3 is 2.35 bits per heavy atom. The van der Waals surface area contributed by atoms with Crippen LogP contribution in [0.3, 0.4) is 0 Å². The molecule has 1 nitrogen and oxygen atoms in total. The Kier molecular flexibility index (Phi) is 5.15. The van der Waals surface area contributed by atoms with E-state index >= 15 is 0 Å². The molecule has 2 aromatic carbocycles. The third kappa shape index (κ3) is 3.38. The van der Waals surface area contributed by atoms with Gasteiger partial charge in [0.2, 0.25) is 0 Å². The Morgan fingerprint density at radius 2 is 1.80 bits per heavy atom. The maximum absolute atomic E-state index is 13.9. The van der Waals surface area contributed by atoms with Crippen LogP contribution >= 0.6 is 11.8 Å². The van der Waals surface area contributed by atoms with E-state index < -0.39 is 11.6 Å². The van der Waals surface area contributed by atoms with Gasteiger partial charge in [-0.15, -0.1) is 11.8 Å². The third-order valence-corrected chi connectivity index (χ3v) is 3.98. The first-order valence-corrected chi connectivity index (χ1v) is 7.49. The molecular weight excluding hydrogens is 276 g/mol. The van der Waals surface area contributed by atoms with E-state index in [9.17, 15) is 8.78 Å². The van der Waals surface area contributed by atoms with Gasteiger partial charge in [-0.25, -0.2) is 8.78 Å². The van der Waals surface area contributed by atoms with Gasteiger partial charge in [-0.1, -0.05) is 25.1 Å². The largest absolute Gasteiger partial charge is 0.309 e. The minimum atomic E-state index is -0.559. The second-order valence-electron chi connectivity index (χ2n) is 4.39. The zero-order chi connectivity index (χ0) is 14.5. The third-order valence-electron chi connectivity index (χ3n) is 3.09. The lowest BCUT2D eigenvalue weighted by Crippen LogP contribution is -2.19. The second-order valence-corrected chi connectivity index (χ2v) is 5.73. The Labute approximate surface area is 122 Å². The number of benzene rings is 2. The van der Waals surface area contributed by atoms with Gasteiger partial charge in [-0.3, -0.25) is 0 Å². The fraction of sp³-hybridized carbons (Fsp3) is 0.250. The molecule has 0 heterocycles. The molecule has 1 unspecified atom stereocenters. The summed E-state index contributed by atoms with van der Waals surface area (Å²) in [5.41, 5.74) is 1.41. The van der Waals surface area contributed by atoms with Gasteiger partial charge in [0.1, 0.15) is 11.6 Å². The summed E-state index contributed by atoms with van der Waals surface area (Å²) in [5, 5.41) is 3.08. The summed E-state index contributed by atoms with van der Waals surface area (Å²) in [6.07, 6.45) is 0. The van der Waals surface area contributed by atoms with Gasteiger partial charge in [-0.2, -0.15) is 0 Å². The van der Waals surface area contributed by atoms with Crippen molar-refractivity contribution in [1.82, 2.24) is 5.32 Å². The lowest BCUT2D eigenvalue weighted by Gasteiger charge is -2.18. The number of hydrogen-bond acceptors (Lipinski definition) is 2. The topological polar surface area (TPSA) is 12.0 Å². The highest BCUT2D eigenvalue weighted by molar-refractivity contribution is 7.99. The molecule has 2 rings (SSSR count). The van der Waals surface area contributed by atoms with Crippen LogP contribution in [0.2, 0.25) is 0 Å². The molecule has 0 saturated carbocycles. The number of nitrogens with one attached hydrogen (secondary N) is 1. The first kappa shape index (κ1) is 15.0. The van der Waals surface area contributed by atoms with Crippen LogP contribution in [0.25, 0.3) is 0 Å². The molecule has 0 aliphatic carbocycles. The van der Waals surface area contributed by atoms with Crippen molar-refractivity contribution in [3.05, 3.63) is 65.2 Å². The average molecular weight is 293 g/mol. The second kappa shape index (κ2) is 6.86. The Morgan fingerprint density at radius 1 is 1.10 bits per heavy atom. The number of halogens is 2. The summed E-state index contributed by atoms with van der Waals surface area (Å²) in [6, 6.07) is 11.4. The molecule has 0 radical (unpaired) electrons. The van der Waals surface area contributed by atoms with Gasteiger partial charge in [0, 0.05) is 16.5 Å². The highest BCUT2D eigenvalue weighted by Gasteiger charge is 2.16.